The Morgan fingerprint density at radius 3 is 2.55 bits per heavy atom. The maximum Gasteiger partial charge on any atom is 0.127 e. The molecule has 2 rings (SSSR count). The molecule has 0 bridgehead atoms. The first-order valence-corrected chi connectivity index (χ1v) is 7.14. The zero-order valence-corrected chi connectivity index (χ0v) is 13.1. The Hall–Kier alpha value is -1.25. The van der Waals surface area contributed by atoms with Crippen LogP contribution in [0.3, 0.4) is 0 Å². The minimum atomic E-state index is 0. The molecule has 1 N–H and O–H groups in total. The largest absolute Gasteiger partial charge is 0.490 e. The Morgan fingerprint density at radius 1 is 1.05 bits per heavy atom. The third-order valence-electron chi connectivity index (χ3n) is 3.37. The average molecular weight is 294 g/mol. The average Bonchev–Trinajstić information content (AvgIpc) is 2.45. The van der Waals surface area contributed by atoms with E-state index in [1.165, 1.54) is 10.8 Å². The highest BCUT2D eigenvalue weighted by atomic mass is 35.5. The molecule has 0 spiro atoms. The van der Waals surface area contributed by atoms with Crippen molar-refractivity contribution in [3.8, 4) is 5.75 Å². The summed E-state index contributed by atoms with van der Waals surface area (Å²) < 4.78 is 6.23. The molecule has 0 aliphatic rings. The lowest BCUT2D eigenvalue weighted by Gasteiger charge is -2.19. The molecule has 0 heterocycles. The number of hydrogen-bond acceptors (Lipinski definition) is 2. The van der Waals surface area contributed by atoms with Crippen LogP contribution in [0.1, 0.15) is 26.2 Å². The number of ether oxygens (including phenoxy) is 1. The Balaban J connectivity index is 0.00000200. The molecule has 1 unspecified atom stereocenters. The Bertz CT molecular complexity index is 510. The summed E-state index contributed by atoms with van der Waals surface area (Å²) in [6.07, 6.45) is 3.60. The first kappa shape index (κ1) is 16.8. The van der Waals surface area contributed by atoms with E-state index in [9.17, 15) is 0 Å². The topological polar surface area (TPSA) is 21.3 Å². The van der Waals surface area contributed by atoms with E-state index in [2.05, 4.69) is 54.7 Å². The summed E-state index contributed by atoms with van der Waals surface area (Å²) in [5.74, 6) is 1.01. The SMILES string of the molecule is CCCC(CCNC)Oc1cccc2ccccc12.Cl. The van der Waals surface area contributed by atoms with Gasteiger partial charge in [0, 0.05) is 5.39 Å². The highest BCUT2D eigenvalue weighted by Gasteiger charge is 2.10. The minimum Gasteiger partial charge on any atom is -0.490 e. The van der Waals surface area contributed by atoms with Crippen LogP contribution in [-0.2, 0) is 0 Å². The van der Waals surface area contributed by atoms with Gasteiger partial charge in [0.2, 0.25) is 0 Å². The summed E-state index contributed by atoms with van der Waals surface area (Å²) in [5.41, 5.74) is 0. The van der Waals surface area contributed by atoms with Gasteiger partial charge < -0.3 is 10.1 Å². The molecule has 2 aromatic rings. The molecular weight excluding hydrogens is 270 g/mol. The van der Waals surface area contributed by atoms with E-state index in [1.807, 2.05) is 7.05 Å². The third-order valence-corrected chi connectivity index (χ3v) is 3.37. The Labute approximate surface area is 127 Å². The number of hydrogen-bond donors (Lipinski definition) is 1. The molecule has 3 heteroatoms. The van der Waals surface area contributed by atoms with Crippen LogP contribution in [0.25, 0.3) is 10.8 Å². The van der Waals surface area contributed by atoms with Crippen molar-refractivity contribution in [3.05, 3.63) is 42.5 Å². The normalized spacial score (nSPS) is 11.9. The fraction of sp³-hybridized carbons (Fsp3) is 0.412. The summed E-state index contributed by atoms with van der Waals surface area (Å²) >= 11 is 0. The van der Waals surface area contributed by atoms with Gasteiger partial charge in [-0.2, -0.15) is 0 Å². The van der Waals surface area contributed by atoms with Crippen LogP contribution >= 0.6 is 12.4 Å². The molecule has 0 saturated carbocycles. The molecule has 2 aromatic carbocycles. The molecule has 0 aliphatic carbocycles. The molecule has 0 aliphatic heterocycles. The van der Waals surface area contributed by atoms with Gasteiger partial charge in [-0.15, -0.1) is 12.4 Å². The summed E-state index contributed by atoms with van der Waals surface area (Å²) in [7, 11) is 1.99. The van der Waals surface area contributed by atoms with Crippen molar-refractivity contribution < 1.29 is 4.74 Å². The lowest BCUT2D eigenvalue weighted by atomic mass is 10.1. The van der Waals surface area contributed by atoms with Gasteiger partial charge >= 0.3 is 0 Å². The van der Waals surface area contributed by atoms with Gasteiger partial charge in [0.05, 0.1) is 6.10 Å². The van der Waals surface area contributed by atoms with Gasteiger partial charge in [-0.1, -0.05) is 49.7 Å². The number of rotatable bonds is 7. The van der Waals surface area contributed by atoms with E-state index in [0.717, 1.165) is 31.6 Å². The van der Waals surface area contributed by atoms with Gasteiger partial charge in [0.25, 0.3) is 0 Å². The van der Waals surface area contributed by atoms with Crippen LogP contribution in [0, 0.1) is 0 Å². The third kappa shape index (κ3) is 4.39. The van der Waals surface area contributed by atoms with Crippen LogP contribution in [0.15, 0.2) is 42.5 Å². The molecule has 0 saturated heterocycles. The van der Waals surface area contributed by atoms with Gasteiger partial charge in [0.1, 0.15) is 5.75 Å². The van der Waals surface area contributed by atoms with E-state index < -0.39 is 0 Å². The van der Waals surface area contributed by atoms with Crippen molar-refractivity contribution >= 4 is 23.2 Å². The molecule has 20 heavy (non-hydrogen) atoms. The number of halogens is 1. The fourth-order valence-corrected chi connectivity index (χ4v) is 2.37. The molecule has 0 aromatic heterocycles. The smallest absolute Gasteiger partial charge is 0.127 e. The van der Waals surface area contributed by atoms with Crippen molar-refractivity contribution in [3.63, 3.8) is 0 Å². The fourth-order valence-electron chi connectivity index (χ4n) is 2.37. The number of nitrogens with one attached hydrogen (secondary N) is 1. The van der Waals surface area contributed by atoms with Crippen molar-refractivity contribution in [2.24, 2.45) is 0 Å². The van der Waals surface area contributed by atoms with Gasteiger partial charge in [-0.3, -0.25) is 0 Å². The monoisotopic (exact) mass is 293 g/mol. The van der Waals surface area contributed by atoms with E-state index in [0.29, 0.717) is 6.10 Å². The minimum absolute atomic E-state index is 0. The van der Waals surface area contributed by atoms with Crippen LogP contribution in [-0.4, -0.2) is 19.7 Å². The second kappa shape index (κ2) is 8.83. The van der Waals surface area contributed by atoms with Crippen molar-refractivity contribution in [1.29, 1.82) is 0 Å². The molecule has 0 radical (unpaired) electrons. The zero-order valence-electron chi connectivity index (χ0n) is 12.3. The molecule has 0 amide bonds. The van der Waals surface area contributed by atoms with E-state index in [-0.39, 0.29) is 12.4 Å². The van der Waals surface area contributed by atoms with Crippen LogP contribution in [0.2, 0.25) is 0 Å². The predicted octanol–water partition coefficient (Wildman–Crippen LogP) is 4.42. The lowest BCUT2D eigenvalue weighted by molar-refractivity contribution is 0.182. The second-order valence-corrected chi connectivity index (χ2v) is 4.90. The molecular formula is C17H24ClNO. The first-order chi connectivity index (χ1) is 9.35. The summed E-state index contributed by atoms with van der Waals surface area (Å²) in [5, 5.41) is 5.64. The Morgan fingerprint density at radius 2 is 1.80 bits per heavy atom. The van der Waals surface area contributed by atoms with Crippen molar-refractivity contribution in [2.45, 2.75) is 32.3 Å². The first-order valence-electron chi connectivity index (χ1n) is 7.14. The lowest BCUT2D eigenvalue weighted by Crippen LogP contribution is -2.22. The predicted molar refractivity (Wildman–Crippen MR) is 89.1 cm³/mol. The van der Waals surface area contributed by atoms with Crippen LogP contribution in [0.5, 0.6) is 5.75 Å². The van der Waals surface area contributed by atoms with Crippen LogP contribution < -0.4 is 10.1 Å². The summed E-state index contributed by atoms with van der Waals surface area (Å²) in [6.45, 7) is 3.20. The van der Waals surface area contributed by atoms with Gasteiger partial charge in [-0.05, 0) is 37.9 Å². The molecule has 2 nitrogen and oxygen atoms in total. The van der Waals surface area contributed by atoms with E-state index in [4.69, 9.17) is 4.74 Å². The summed E-state index contributed by atoms with van der Waals surface area (Å²) in [6, 6.07) is 14.7. The summed E-state index contributed by atoms with van der Waals surface area (Å²) in [4.78, 5) is 0. The van der Waals surface area contributed by atoms with Crippen LogP contribution in [0.4, 0.5) is 0 Å². The zero-order chi connectivity index (χ0) is 13.5. The van der Waals surface area contributed by atoms with E-state index in [1.54, 1.807) is 0 Å². The van der Waals surface area contributed by atoms with Gasteiger partial charge in [-0.25, -0.2) is 0 Å². The molecule has 1 atom stereocenters. The quantitative estimate of drug-likeness (QED) is 0.816. The molecule has 0 fully saturated rings. The maximum absolute atomic E-state index is 6.23. The maximum atomic E-state index is 6.23. The highest BCUT2D eigenvalue weighted by molar-refractivity contribution is 5.88. The highest BCUT2D eigenvalue weighted by Crippen LogP contribution is 2.27. The van der Waals surface area contributed by atoms with Crippen molar-refractivity contribution in [1.82, 2.24) is 5.32 Å². The van der Waals surface area contributed by atoms with Gasteiger partial charge in [0.15, 0.2) is 0 Å². The molecule has 110 valence electrons. The second-order valence-electron chi connectivity index (χ2n) is 4.90. The number of fused-ring (bicyclic) bond motifs is 1. The standard InChI is InChI=1S/C17H23NO.ClH/c1-3-7-15(12-13-18-2)19-17-11-6-9-14-8-4-5-10-16(14)17;/h4-6,8-11,15,18H,3,7,12-13H2,1-2H3;1H. The Kier molecular flexibility index (Phi) is 7.42. The number of benzene rings is 2. The van der Waals surface area contributed by atoms with E-state index >= 15 is 0 Å². The van der Waals surface area contributed by atoms with Crippen molar-refractivity contribution in [2.75, 3.05) is 13.6 Å².